The summed E-state index contributed by atoms with van der Waals surface area (Å²) in [5.74, 6) is 0.707. The topological polar surface area (TPSA) is 55.5 Å². The van der Waals surface area contributed by atoms with Gasteiger partial charge in [0, 0.05) is 22.6 Å². The van der Waals surface area contributed by atoms with E-state index in [4.69, 9.17) is 21.1 Å². The average molecular weight is 379 g/mol. The SMILES string of the molecule is CC(=O)C[C@@H]1N=C(c2ccc(Cl)cc2)c2cc(C)ccc2-c2c(C)noc21. The number of hydrogen-bond acceptors (Lipinski definition) is 4. The third-order valence-electron chi connectivity index (χ3n) is 4.77. The van der Waals surface area contributed by atoms with E-state index in [0.717, 1.165) is 39.2 Å². The van der Waals surface area contributed by atoms with Crippen LogP contribution in [0.2, 0.25) is 5.02 Å². The molecule has 0 saturated heterocycles. The van der Waals surface area contributed by atoms with Crippen LogP contribution in [-0.4, -0.2) is 16.7 Å². The Bertz CT molecular complexity index is 1060. The molecule has 0 fully saturated rings. The molecule has 2 aromatic carbocycles. The highest BCUT2D eigenvalue weighted by molar-refractivity contribution is 6.30. The minimum Gasteiger partial charge on any atom is -0.358 e. The number of aliphatic imine (C=N–C) groups is 1. The van der Waals surface area contributed by atoms with Crippen molar-refractivity contribution in [2.24, 2.45) is 4.99 Å². The molecule has 0 amide bonds. The van der Waals surface area contributed by atoms with Gasteiger partial charge in [0.2, 0.25) is 0 Å². The van der Waals surface area contributed by atoms with Crippen LogP contribution in [0.4, 0.5) is 0 Å². The number of fused-ring (bicyclic) bond motifs is 3. The summed E-state index contributed by atoms with van der Waals surface area (Å²) >= 11 is 6.07. The van der Waals surface area contributed by atoms with Gasteiger partial charge in [0.15, 0.2) is 5.76 Å². The number of aryl methyl sites for hydroxylation is 2. The molecule has 1 atom stereocenters. The molecule has 2 heterocycles. The minimum atomic E-state index is -0.405. The fourth-order valence-corrected chi connectivity index (χ4v) is 3.67. The van der Waals surface area contributed by atoms with Gasteiger partial charge in [0.1, 0.15) is 11.8 Å². The maximum atomic E-state index is 11.9. The van der Waals surface area contributed by atoms with Crippen molar-refractivity contribution < 1.29 is 9.32 Å². The van der Waals surface area contributed by atoms with E-state index in [1.807, 2.05) is 31.2 Å². The van der Waals surface area contributed by atoms with Crippen molar-refractivity contribution in [1.29, 1.82) is 0 Å². The molecule has 1 aromatic heterocycles. The van der Waals surface area contributed by atoms with E-state index in [1.165, 1.54) is 0 Å². The Labute approximate surface area is 162 Å². The number of carbonyl (C=O) groups excluding carboxylic acids is 1. The van der Waals surface area contributed by atoms with Gasteiger partial charge in [0.25, 0.3) is 0 Å². The Kier molecular flexibility index (Phi) is 4.44. The second-order valence-electron chi connectivity index (χ2n) is 6.96. The van der Waals surface area contributed by atoms with E-state index in [1.54, 1.807) is 6.92 Å². The van der Waals surface area contributed by atoms with Crippen molar-refractivity contribution in [1.82, 2.24) is 5.16 Å². The largest absolute Gasteiger partial charge is 0.358 e. The van der Waals surface area contributed by atoms with Crippen LogP contribution in [0.3, 0.4) is 0 Å². The van der Waals surface area contributed by atoms with Crippen molar-refractivity contribution in [3.05, 3.63) is 75.6 Å². The Hall–Kier alpha value is -2.72. The molecule has 136 valence electrons. The number of nitrogens with zero attached hydrogens (tertiary/aromatic N) is 2. The molecule has 0 unspecified atom stereocenters. The van der Waals surface area contributed by atoms with Gasteiger partial charge in [-0.1, -0.05) is 46.6 Å². The first-order valence-electron chi connectivity index (χ1n) is 8.85. The van der Waals surface area contributed by atoms with Crippen LogP contribution in [0.25, 0.3) is 11.1 Å². The zero-order chi connectivity index (χ0) is 19.1. The molecule has 0 radical (unpaired) electrons. The Morgan fingerprint density at radius 2 is 1.85 bits per heavy atom. The molecule has 4 nitrogen and oxygen atoms in total. The predicted octanol–water partition coefficient (Wildman–Crippen LogP) is 5.48. The molecule has 0 aliphatic carbocycles. The lowest BCUT2D eigenvalue weighted by molar-refractivity contribution is -0.117. The third kappa shape index (κ3) is 3.21. The standard InChI is InChI=1S/C22H19ClN2O2/c1-12-4-9-17-18(10-12)21(15-5-7-16(23)8-6-15)24-19(11-13(2)26)22-20(17)14(3)25-27-22/h4-10,19H,11H2,1-3H3/t19-/m0/s1. The molecule has 5 heteroatoms. The monoisotopic (exact) mass is 378 g/mol. The van der Waals surface area contributed by atoms with Crippen molar-refractivity contribution in [3.8, 4) is 11.1 Å². The number of benzene rings is 2. The number of aromatic nitrogens is 1. The highest BCUT2D eigenvalue weighted by Gasteiger charge is 2.31. The van der Waals surface area contributed by atoms with Crippen molar-refractivity contribution in [2.45, 2.75) is 33.2 Å². The van der Waals surface area contributed by atoms with E-state index in [2.05, 4.69) is 30.3 Å². The van der Waals surface area contributed by atoms with Gasteiger partial charge in [-0.3, -0.25) is 9.79 Å². The Morgan fingerprint density at radius 1 is 1.11 bits per heavy atom. The molecule has 0 N–H and O–H groups in total. The van der Waals surface area contributed by atoms with E-state index in [-0.39, 0.29) is 12.2 Å². The smallest absolute Gasteiger partial charge is 0.169 e. The molecule has 4 rings (SSSR count). The van der Waals surface area contributed by atoms with Gasteiger partial charge in [-0.25, -0.2) is 0 Å². The van der Waals surface area contributed by atoms with Crippen LogP contribution in [-0.2, 0) is 4.79 Å². The number of halogens is 1. The molecule has 1 aliphatic rings. The molecule has 27 heavy (non-hydrogen) atoms. The number of ketones is 1. The Balaban J connectivity index is 2.02. The fourth-order valence-electron chi connectivity index (χ4n) is 3.55. The highest BCUT2D eigenvalue weighted by atomic mass is 35.5. The summed E-state index contributed by atoms with van der Waals surface area (Å²) in [6, 6.07) is 13.5. The maximum absolute atomic E-state index is 11.9. The van der Waals surface area contributed by atoms with Crippen LogP contribution < -0.4 is 0 Å². The first-order chi connectivity index (χ1) is 12.9. The lowest BCUT2D eigenvalue weighted by Crippen LogP contribution is -2.08. The quantitative estimate of drug-likeness (QED) is 0.606. The summed E-state index contributed by atoms with van der Waals surface area (Å²) in [6.07, 6.45) is 0.270. The first-order valence-corrected chi connectivity index (χ1v) is 9.22. The number of Topliss-reactive ketones (excluding diaryl/α,β-unsaturated/α-hetero) is 1. The molecule has 3 aromatic rings. The fraction of sp³-hybridized carbons (Fsp3) is 0.227. The van der Waals surface area contributed by atoms with Crippen LogP contribution in [0.5, 0.6) is 0 Å². The average Bonchev–Trinajstić information content (AvgIpc) is 2.94. The second kappa shape index (κ2) is 6.78. The van der Waals surface area contributed by atoms with Gasteiger partial charge in [-0.05, 0) is 44.5 Å². The van der Waals surface area contributed by atoms with Crippen LogP contribution in [0, 0.1) is 13.8 Å². The minimum absolute atomic E-state index is 0.0568. The molecule has 0 bridgehead atoms. The lowest BCUT2D eigenvalue weighted by atomic mass is 9.91. The number of hydrogen-bond donors (Lipinski definition) is 0. The maximum Gasteiger partial charge on any atom is 0.169 e. The predicted molar refractivity (Wildman–Crippen MR) is 107 cm³/mol. The Morgan fingerprint density at radius 3 is 2.56 bits per heavy atom. The molecular weight excluding hydrogens is 360 g/mol. The van der Waals surface area contributed by atoms with E-state index in [9.17, 15) is 4.79 Å². The molecule has 0 spiro atoms. The van der Waals surface area contributed by atoms with Gasteiger partial charge in [0.05, 0.1) is 17.0 Å². The molecule has 0 saturated carbocycles. The van der Waals surface area contributed by atoms with E-state index >= 15 is 0 Å². The van der Waals surface area contributed by atoms with Gasteiger partial charge in [-0.2, -0.15) is 0 Å². The number of rotatable bonds is 3. The van der Waals surface area contributed by atoms with Crippen LogP contribution in [0.1, 0.15) is 47.5 Å². The van der Waals surface area contributed by atoms with Crippen molar-refractivity contribution in [2.75, 3.05) is 0 Å². The molecular formula is C22H19ClN2O2. The number of carbonyl (C=O) groups is 1. The second-order valence-corrected chi connectivity index (χ2v) is 7.40. The zero-order valence-electron chi connectivity index (χ0n) is 15.4. The highest BCUT2D eigenvalue weighted by Crippen LogP contribution is 2.41. The first kappa shape index (κ1) is 17.7. The van der Waals surface area contributed by atoms with Crippen molar-refractivity contribution in [3.63, 3.8) is 0 Å². The summed E-state index contributed by atoms with van der Waals surface area (Å²) in [4.78, 5) is 16.9. The normalized spacial score (nSPS) is 15.6. The van der Waals surface area contributed by atoms with Crippen LogP contribution in [0.15, 0.2) is 52.0 Å². The van der Waals surface area contributed by atoms with Gasteiger partial charge >= 0.3 is 0 Å². The molecule has 1 aliphatic heterocycles. The third-order valence-corrected chi connectivity index (χ3v) is 5.03. The lowest BCUT2D eigenvalue weighted by Gasteiger charge is -2.12. The summed E-state index contributed by atoms with van der Waals surface area (Å²) in [5.41, 5.74) is 6.69. The summed E-state index contributed by atoms with van der Waals surface area (Å²) in [6.45, 7) is 5.55. The van der Waals surface area contributed by atoms with Gasteiger partial charge < -0.3 is 4.52 Å². The van der Waals surface area contributed by atoms with Crippen molar-refractivity contribution >= 4 is 23.1 Å². The zero-order valence-corrected chi connectivity index (χ0v) is 16.2. The summed E-state index contributed by atoms with van der Waals surface area (Å²) in [5, 5.41) is 4.83. The van der Waals surface area contributed by atoms with Gasteiger partial charge in [-0.15, -0.1) is 0 Å². The van der Waals surface area contributed by atoms with E-state index in [0.29, 0.717) is 10.8 Å². The summed E-state index contributed by atoms with van der Waals surface area (Å²) in [7, 11) is 0. The van der Waals surface area contributed by atoms with E-state index < -0.39 is 6.04 Å². The van der Waals surface area contributed by atoms with Crippen LogP contribution >= 0.6 is 11.6 Å². The summed E-state index contributed by atoms with van der Waals surface area (Å²) < 4.78 is 5.64.